The highest BCUT2D eigenvalue weighted by molar-refractivity contribution is 5.09. The van der Waals surface area contributed by atoms with E-state index in [9.17, 15) is 0 Å². The van der Waals surface area contributed by atoms with Crippen LogP contribution in [0.2, 0.25) is 0 Å². The molecule has 0 radical (unpaired) electrons. The van der Waals surface area contributed by atoms with Crippen molar-refractivity contribution in [3.05, 3.63) is 47.5 Å². The first-order valence-electron chi connectivity index (χ1n) is 9.14. The van der Waals surface area contributed by atoms with Gasteiger partial charge in [-0.3, -0.25) is 19.5 Å². The third-order valence-corrected chi connectivity index (χ3v) is 5.24. The van der Waals surface area contributed by atoms with Crippen LogP contribution in [0, 0.1) is 6.92 Å². The maximum atomic E-state index is 6.16. The van der Waals surface area contributed by atoms with Crippen molar-refractivity contribution in [2.45, 2.75) is 38.6 Å². The average molecular weight is 341 g/mol. The van der Waals surface area contributed by atoms with E-state index < -0.39 is 0 Å². The zero-order valence-electron chi connectivity index (χ0n) is 15.1. The predicted molar refractivity (Wildman–Crippen MR) is 96.0 cm³/mol. The Hall–Kier alpha value is -1.76. The SMILES string of the molecule is Cc1cccc(CO[C@H]2C[C@@H]3CN(Cc4cnn(C)c4)CCN3C2)n1. The van der Waals surface area contributed by atoms with Crippen LogP contribution in [0.4, 0.5) is 0 Å². The van der Waals surface area contributed by atoms with E-state index in [2.05, 4.69) is 32.1 Å². The summed E-state index contributed by atoms with van der Waals surface area (Å²) in [5, 5.41) is 4.27. The van der Waals surface area contributed by atoms with E-state index >= 15 is 0 Å². The summed E-state index contributed by atoms with van der Waals surface area (Å²) in [5.74, 6) is 0. The summed E-state index contributed by atoms with van der Waals surface area (Å²) in [5.41, 5.74) is 3.38. The van der Waals surface area contributed by atoms with E-state index in [4.69, 9.17) is 4.74 Å². The molecule has 2 aromatic rings. The minimum absolute atomic E-state index is 0.325. The number of rotatable bonds is 5. The molecule has 6 heteroatoms. The van der Waals surface area contributed by atoms with Gasteiger partial charge in [0.05, 0.1) is 24.6 Å². The summed E-state index contributed by atoms with van der Waals surface area (Å²) in [6.07, 6.45) is 5.53. The van der Waals surface area contributed by atoms with Crippen molar-refractivity contribution >= 4 is 0 Å². The number of piperazine rings is 1. The average Bonchev–Trinajstić information content (AvgIpc) is 3.18. The quantitative estimate of drug-likeness (QED) is 0.827. The lowest BCUT2D eigenvalue weighted by atomic mass is 10.1. The number of aryl methyl sites for hydroxylation is 2. The van der Waals surface area contributed by atoms with Crippen molar-refractivity contribution in [1.82, 2.24) is 24.6 Å². The van der Waals surface area contributed by atoms with Crippen LogP contribution in [0.1, 0.15) is 23.4 Å². The van der Waals surface area contributed by atoms with Crippen LogP contribution < -0.4 is 0 Å². The van der Waals surface area contributed by atoms with Crippen molar-refractivity contribution in [1.29, 1.82) is 0 Å². The van der Waals surface area contributed by atoms with E-state index in [1.54, 1.807) is 0 Å². The number of hydrogen-bond donors (Lipinski definition) is 0. The molecule has 0 aliphatic carbocycles. The third kappa shape index (κ3) is 4.08. The molecule has 0 spiro atoms. The fourth-order valence-electron chi connectivity index (χ4n) is 4.02. The molecule has 0 N–H and O–H groups in total. The molecule has 0 saturated carbocycles. The van der Waals surface area contributed by atoms with Gasteiger partial charge in [0, 0.05) is 63.3 Å². The molecule has 0 unspecified atom stereocenters. The summed E-state index contributed by atoms with van der Waals surface area (Å²) >= 11 is 0. The van der Waals surface area contributed by atoms with Crippen LogP contribution in [0.3, 0.4) is 0 Å². The smallest absolute Gasteiger partial charge is 0.0892 e. The maximum Gasteiger partial charge on any atom is 0.0892 e. The number of nitrogens with zero attached hydrogens (tertiary/aromatic N) is 5. The third-order valence-electron chi connectivity index (χ3n) is 5.24. The van der Waals surface area contributed by atoms with Crippen LogP contribution in [0.5, 0.6) is 0 Å². The van der Waals surface area contributed by atoms with Crippen molar-refractivity contribution in [2.24, 2.45) is 7.05 Å². The molecule has 2 aliphatic heterocycles. The highest BCUT2D eigenvalue weighted by Gasteiger charge is 2.36. The topological polar surface area (TPSA) is 46.4 Å². The van der Waals surface area contributed by atoms with Gasteiger partial charge in [0.25, 0.3) is 0 Å². The molecule has 25 heavy (non-hydrogen) atoms. The minimum atomic E-state index is 0.325. The van der Waals surface area contributed by atoms with Crippen molar-refractivity contribution in [3.63, 3.8) is 0 Å². The molecule has 6 nitrogen and oxygen atoms in total. The molecule has 4 heterocycles. The zero-order valence-corrected chi connectivity index (χ0v) is 15.1. The molecule has 0 aromatic carbocycles. The summed E-state index contributed by atoms with van der Waals surface area (Å²) in [6.45, 7) is 8.07. The second-order valence-electron chi connectivity index (χ2n) is 7.35. The lowest BCUT2D eigenvalue weighted by Crippen LogP contribution is -2.49. The first-order chi connectivity index (χ1) is 12.2. The summed E-state index contributed by atoms with van der Waals surface area (Å²) in [4.78, 5) is 9.67. The number of pyridine rings is 1. The maximum absolute atomic E-state index is 6.16. The molecule has 2 atom stereocenters. The van der Waals surface area contributed by atoms with Gasteiger partial charge in [0.2, 0.25) is 0 Å². The standard InChI is InChI=1S/C19H27N5O/c1-15-4-3-5-17(21-15)14-25-19-8-18-12-23(6-7-24(18)13-19)11-16-9-20-22(2)10-16/h3-5,9-10,18-19H,6-8,11-14H2,1-2H3/t18-,19+/m1/s1. The Morgan fingerprint density at radius 3 is 2.96 bits per heavy atom. The van der Waals surface area contributed by atoms with Gasteiger partial charge < -0.3 is 4.74 Å². The summed E-state index contributed by atoms with van der Waals surface area (Å²) in [7, 11) is 1.98. The van der Waals surface area contributed by atoms with Gasteiger partial charge in [0.1, 0.15) is 0 Å². The van der Waals surface area contributed by atoms with Gasteiger partial charge in [-0.05, 0) is 25.5 Å². The summed E-state index contributed by atoms with van der Waals surface area (Å²) < 4.78 is 8.04. The Balaban J connectivity index is 1.28. The second kappa shape index (κ2) is 7.23. The molecule has 2 saturated heterocycles. The Morgan fingerprint density at radius 2 is 2.16 bits per heavy atom. The van der Waals surface area contributed by atoms with Crippen LogP contribution in [0.25, 0.3) is 0 Å². The minimum Gasteiger partial charge on any atom is -0.371 e. The highest BCUT2D eigenvalue weighted by Crippen LogP contribution is 2.25. The fraction of sp³-hybridized carbons (Fsp3) is 0.579. The number of aromatic nitrogens is 3. The monoisotopic (exact) mass is 341 g/mol. The molecule has 2 fully saturated rings. The molecule has 2 aromatic heterocycles. The highest BCUT2D eigenvalue weighted by atomic mass is 16.5. The van der Waals surface area contributed by atoms with E-state index in [-0.39, 0.29) is 0 Å². The molecule has 0 bridgehead atoms. The fourth-order valence-corrected chi connectivity index (χ4v) is 4.02. The predicted octanol–water partition coefficient (Wildman–Crippen LogP) is 1.60. The molecular formula is C19H27N5O. The number of ether oxygens (including phenoxy) is 1. The Kier molecular flexibility index (Phi) is 4.83. The van der Waals surface area contributed by atoms with E-state index in [0.29, 0.717) is 18.8 Å². The summed E-state index contributed by atoms with van der Waals surface area (Å²) in [6, 6.07) is 6.73. The Labute approximate surface area is 149 Å². The molecule has 0 amide bonds. The van der Waals surface area contributed by atoms with Gasteiger partial charge in [-0.1, -0.05) is 6.07 Å². The van der Waals surface area contributed by atoms with Crippen LogP contribution >= 0.6 is 0 Å². The molecule has 4 rings (SSSR count). The van der Waals surface area contributed by atoms with Crippen molar-refractivity contribution in [3.8, 4) is 0 Å². The van der Waals surface area contributed by atoms with Crippen LogP contribution in [0.15, 0.2) is 30.6 Å². The van der Waals surface area contributed by atoms with Gasteiger partial charge in [-0.25, -0.2) is 0 Å². The Bertz CT molecular complexity index is 715. The largest absolute Gasteiger partial charge is 0.371 e. The van der Waals surface area contributed by atoms with Crippen LogP contribution in [-0.2, 0) is 24.9 Å². The molecule has 134 valence electrons. The van der Waals surface area contributed by atoms with Gasteiger partial charge in [-0.15, -0.1) is 0 Å². The first kappa shape index (κ1) is 16.7. The van der Waals surface area contributed by atoms with Crippen molar-refractivity contribution in [2.75, 3.05) is 26.2 Å². The van der Waals surface area contributed by atoms with E-state index in [0.717, 1.165) is 50.5 Å². The number of hydrogen-bond acceptors (Lipinski definition) is 5. The van der Waals surface area contributed by atoms with Gasteiger partial charge in [0.15, 0.2) is 0 Å². The lowest BCUT2D eigenvalue weighted by Gasteiger charge is -2.37. The first-order valence-corrected chi connectivity index (χ1v) is 9.14. The Morgan fingerprint density at radius 1 is 1.24 bits per heavy atom. The van der Waals surface area contributed by atoms with Crippen molar-refractivity contribution < 1.29 is 4.74 Å². The molecular weight excluding hydrogens is 314 g/mol. The number of fused-ring (bicyclic) bond motifs is 1. The van der Waals surface area contributed by atoms with E-state index in [1.807, 2.05) is 37.0 Å². The van der Waals surface area contributed by atoms with E-state index in [1.165, 1.54) is 5.56 Å². The van der Waals surface area contributed by atoms with Gasteiger partial charge in [-0.2, -0.15) is 5.10 Å². The van der Waals surface area contributed by atoms with Crippen LogP contribution in [-0.4, -0.2) is 62.9 Å². The lowest BCUT2D eigenvalue weighted by molar-refractivity contribution is 0.0439. The molecule has 2 aliphatic rings. The normalized spacial score (nSPS) is 24.6. The zero-order chi connectivity index (χ0) is 17.2. The second-order valence-corrected chi connectivity index (χ2v) is 7.35. The van der Waals surface area contributed by atoms with Gasteiger partial charge >= 0.3 is 0 Å².